The summed E-state index contributed by atoms with van der Waals surface area (Å²) in [4.78, 5) is 0.126. The van der Waals surface area contributed by atoms with Gasteiger partial charge in [-0.2, -0.15) is 0 Å². The molecule has 0 fully saturated rings. The summed E-state index contributed by atoms with van der Waals surface area (Å²) < 4.78 is 51.8. The largest absolute Gasteiger partial charge is 0.326 e. The Hall–Kier alpha value is -1.00. The first-order valence-corrected chi connectivity index (χ1v) is 9.62. The minimum absolute atomic E-state index is 0.126. The monoisotopic (exact) mass is 335 g/mol. The Morgan fingerprint density at radius 1 is 1.14 bits per heavy atom. The minimum atomic E-state index is -3.74. The molecule has 9 heteroatoms. The zero-order valence-corrected chi connectivity index (χ0v) is 13.7. The summed E-state index contributed by atoms with van der Waals surface area (Å²) in [6, 6.07) is 4.81. The molecule has 0 aliphatic carbocycles. The maximum Gasteiger partial charge on any atom is 0.240 e. The highest BCUT2D eigenvalue weighted by atomic mass is 32.2. The van der Waals surface area contributed by atoms with Crippen LogP contribution in [0.5, 0.6) is 0 Å². The Balaban J connectivity index is 2.79. The molecule has 0 spiro atoms. The van der Waals surface area contributed by atoms with Gasteiger partial charge in [0.25, 0.3) is 0 Å². The van der Waals surface area contributed by atoms with E-state index >= 15 is 0 Å². The number of nitrogens with one attached hydrogen (secondary N) is 2. The van der Waals surface area contributed by atoms with Crippen LogP contribution in [0.3, 0.4) is 0 Å². The highest BCUT2D eigenvalue weighted by molar-refractivity contribution is 7.90. The first-order valence-electron chi connectivity index (χ1n) is 6.48. The lowest BCUT2D eigenvalue weighted by molar-refractivity contribution is 0.576. The lowest BCUT2D eigenvalue weighted by Gasteiger charge is -2.10. The third kappa shape index (κ3) is 5.36. The number of aryl methyl sites for hydroxylation is 1. The van der Waals surface area contributed by atoms with Gasteiger partial charge in [-0.1, -0.05) is 19.1 Å². The van der Waals surface area contributed by atoms with Gasteiger partial charge in [-0.15, -0.1) is 0 Å². The Morgan fingerprint density at radius 2 is 1.81 bits per heavy atom. The van der Waals surface area contributed by atoms with Crippen molar-refractivity contribution in [3.63, 3.8) is 0 Å². The van der Waals surface area contributed by atoms with Crippen LogP contribution in [0.1, 0.15) is 18.1 Å². The smallest absolute Gasteiger partial charge is 0.240 e. The van der Waals surface area contributed by atoms with Gasteiger partial charge in [0, 0.05) is 19.6 Å². The van der Waals surface area contributed by atoms with Crippen LogP contribution in [0, 0.1) is 6.92 Å². The summed E-state index contributed by atoms with van der Waals surface area (Å²) in [6.45, 7) is 3.74. The molecule has 0 unspecified atom stereocenters. The molecule has 1 aromatic carbocycles. The summed E-state index contributed by atoms with van der Waals surface area (Å²) in [5.74, 6) is -0.306. The van der Waals surface area contributed by atoms with Gasteiger partial charge in [0.1, 0.15) is 0 Å². The van der Waals surface area contributed by atoms with Crippen molar-refractivity contribution in [2.24, 2.45) is 5.73 Å². The molecule has 0 bridgehead atoms. The van der Waals surface area contributed by atoms with Crippen molar-refractivity contribution in [3.8, 4) is 0 Å². The first kappa shape index (κ1) is 18.1. The van der Waals surface area contributed by atoms with E-state index < -0.39 is 20.0 Å². The fourth-order valence-corrected chi connectivity index (χ4v) is 4.16. The van der Waals surface area contributed by atoms with Gasteiger partial charge < -0.3 is 5.73 Å². The molecule has 0 saturated heterocycles. The van der Waals surface area contributed by atoms with Gasteiger partial charge in [-0.25, -0.2) is 26.3 Å². The van der Waals surface area contributed by atoms with Crippen LogP contribution in [0.15, 0.2) is 23.1 Å². The predicted octanol–water partition coefficient (Wildman–Crippen LogP) is -0.329. The number of hydrogen-bond acceptors (Lipinski definition) is 5. The van der Waals surface area contributed by atoms with E-state index in [2.05, 4.69) is 9.44 Å². The zero-order chi connectivity index (χ0) is 16.1. The summed E-state index contributed by atoms with van der Waals surface area (Å²) >= 11 is 0. The van der Waals surface area contributed by atoms with Gasteiger partial charge in [0.05, 0.1) is 10.6 Å². The van der Waals surface area contributed by atoms with Crippen LogP contribution < -0.4 is 15.2 Å². The predicted molar refractivity (Wildman–Crippen MR) is 81.7 cm³/mol. The van der Waals surface area contributed by atoms with E-state index in [1.165, 1.54) is 6.07 Å². The highest BCUT2D eigenvalue weighted by Gasteiger charge is 2.18. The molecular formula is C12H21N3O4S2. The van der Waals surface area contributed by atoms with E-state index in [0.717, 1.165) is 5.56 Å². The van der Waals surface area contributed by atoms with Crippen molar-refractivity contribution in [3.05, 3.63) is 29.3 Å². The molecule has 1 rings (SSSR count). The molecule has 0 atom stereocenters. The summed E-state index contributed by atoms with van der Waals surface area (Å²) in [6.07, 6.45) is 0. The second-order valence-corrected chi connectivity index (χ2v) is 8.18. The van der Waals surface area contributed by atoms with Crippen molar-refractivity contribution >= 4 is 20.0 Å². The van der Waals surface area contributed by atoms with E-state index in [9.17, 15) is 16.8 Å². The molecule has 120 valence electrons. The third-order valence-electron chi connectivity index (χ3n) is 2.79. The molecule has 0 radical (unpaired) electrons. The van der Waals surface area contributed by atoms with Crippen molar-refractivity contribution in [2.75, 3.05) is 18.8 Å². The summed E-state index contributed by atoms with van der Waals surface area (Å²) in [7, 11) is -7.19. The molecule has 0 heterocycles. The van der Waals surface area contributed by atoms with E-state index in [0.29, 0.717) is 12.1 Å². The summed E-state index contributed by atoms with van der Waals surface area (Å²) in [5, 5.41) is 0. The summed E-state index contributed by atoms with van der Waals surface area (Å²) in [5.41, 5.74) is 6.90. The Morgan fingerprint density at radius 3 is 2.33 bits per heavy atom. The second-order valence-electron chi connectivity index (χ2n) is 4.52. The Labute approximate surface area is 126 Å². The lowest BCUT2D eigenvalue weighted by Crippen LogP contribution is -2.34. The fourth-order valence-electron chi connectivity index (χ4n) is 1.82. The van der Waals surface area contributed by atoms with Crippen LogP contribution >= 0.6 is 0 Å². The maximum atomic E-state index is 12.1. The van der Waals surface area contributed by atoms with Gasteiger partial charge in [0.15, 0.2) is 0 Å². The average Bonchev–Trinajstić information content (AvgIpc) is 2.37. The Kier molecular flexibility index (Phi) is 6.29. The SMILES string of the molecule is CCNS(=O)(=O)CCNS(=O)(=O)c1ccc(CN)cc1C. The highest BCUT2D eigenvalue weighted by Crippen LogP contribution is 2.16. The van der Waals surface area contributed by atoms with Crippen LogP contribution in [0.25, 0.3) is 0 Å². The molecule has 0 saturated carbocycles. The van der Waals surface area contributed by atoms with Crippen LogP contribution in [0.2, 0.25) is 0 Å². The molecule has 21 heavy (non-hydrogen) atoms. The topological polar surface area (TPSA) is 118 Å². The zero-order valence-electron chi connectivity index (χ0n) is 12.1. The average molecular weight is 335 g/mol. The van der Waals surface area contributed by atoms with Crippen LogP contribution in [-0.4, -0.2) is 35.7 Å². The third-order valence-corrected chi connectivity index (χ3v) is 5.88. The number of benzene rings is 1. The molecule has 7 nitrogen and oxygen atoms in total. The van der Waals surface area contributed by atoms with Crippen molar-refractivity contribution in [1.29, 1.82) is 0 Å². The first-order chi connectivity index (χ1) is 9.72. The van der Waals surface area contributed by atoms with E-state index in [-0.39, 0.29) is 23.7 Å². The maximum absolute atomic E-state index is 12.1. The number of nitrogens with two attached hydrogens (primary N) is 1. The van der Waals surface area contributed by atoms with E-state index in [1.807, 2.05) is 0 Å². The molecule has 0 aliphatic heterocycles. The van der Waals surface area contributed by atoms with Crippen molar-refractivity contribution < 1.29 is 16.8 Å². The van der Waals surface area contributed by atoms with Crippen molar-refractivity contribution in [1.82, 2.24) is 9.44 Å². The van der Waals surface area contributed by atoms with Gasteiger partial charge >= 0.3 is 0 Å². The number of rotatable bonds is 8. The van der Waals surface area contributed by atoms with E-state index in [4.69, 9.17) is 5.73 Å². The van der Waals surface area contributed by atoms with Crippen LogP contribution in [-0.2, 0) is 26.6 Å². The fraction of sp³-hybridized carbons (Fsp3) is 0.500. The number of hydrogen-bond donors (Lipinski definition) is 3. The van der Waals surface area contributed by atoms with E-state index in [1.54, 1.807) is 26.0 Å². The molecule has 0 amide bonds. The second kappa shape index (κ2) is 7.32. The molecule has 4 N–H and O–H groups in total. The molecule has 1 aromatic rings. The quantitative estimate of drug-likeness (QED) is 0.601. The Bertz CT molecular complexity index is 684. The number of sulfonamides is 2. The van der Waals surface area contributed by atoms with Crippen LogP contribution in [0.4, 0.5) is 0 Å². The normalized spacial score (nSPS) is 12.5. The standard InChI is InChI=1S/C12H21N3O4S2/c1-3-14-20(16,17)7-6-15-21(18,19)12-5-4-11(9-13)8-10(12)2/h4-5,8,14-15H,3,6-7,9,13H2,1-2H3. The van der Waals surface area contributed by atoms with Gasteiger partial charge in [0.2, 0.25) is 20.0 Å². The van der Waals surface area contributed by atoms with Gasteiger partial charge in [-0.3, -0.25) is 0 Å². The molecule has 0 aromatic heterocycles. The molecule has 0 aliphatic rings. The van der Waals surface area contributed by atoms with Crippen molar-refractivity contribution in [2.45, 2.75) is 25.3 Å². The molecular weight excluding hydrogens is 314 g/mol. The van der Waals surface area contributed by atoms with Gasteiger partial charge in [-0.05, 0) is 24.1 Å². The minimum Gasteiger partial charge on any atom is -0.326 e. The lowest BCUT2D eigenvalue weighted by atomic mass is 10.1.